The molecule has 0 aliphatic heterocycles. The van der Waals surface area contributed by atoms with E-state index in [4.69, 9.17) is 0 Å². The normalized spacial score (nSPS) is 11.3. The molecule has 0 radical (unpaired) electrons. The van der Waals surface area contributed by atoms with Gasteiger partial charge in [-0.3, -0.25) is 14.9 Å². The highest BCUT2D eigenvalue weighted by Gasteiger charge is 2.18. The monoisotopic (exact) mass is 465 g/mol. The lowest BCUT2D eigenvalue weighted by atomic mass is 9.97. The number of hydrogen-bond acceptors (Lipinski definition) is 6. The van der Waals surface area contributed by atoms with Gasteiger partial charge in [-0.2, -0.15) is 9.78 Å². The standard InChI is InChI=1S/C23H16FN3O5S/c1-33(31,32)20-12-4-15(5-13-20)21-14-25-26(18-8-10-19(11-9-18)27(29)30)23(28)22(21)16-2-6-17(24)7-3-16/h2-14H,1H3. The first-order valence-corrected chi connectivity index (χ1v) is 11.5. The molecule has 0 unspecified atom stereocenters. The molecule has 1 aromatic heterocycles. The Kier molecular flexibility index (Phi) is 5.60. The number of hydrogen-bond donors (Lipinski definition) is 0. The summed E-state index contributed by atoms with van der Waals surface area (Å²) in [5.74, 6) is -0.470. The molecule has 166 valence electrons. The zero-order valence-corrected chi connectivity index (χ0v) is 18.0. The van der Waals surface area contributed by atoms with E-state index in [1.807, 2.05) is 0 Å². The smallest absolute Gasteiger partial charge is 0.267 e. The topological polar surface area (TPSA) is 112 Å². The molecule has 0 N–H and O–H groups in total. The molecule has 0 aliphatic rings. The molecular weight excluding hydrogens is 449 g/mol. The summed E-state index contributed by atoms with van der Waals surface area (Å²) in [6, 6.07) is 16.7. The lowest BCUT2D eigenvalue weighted by molar-refractivity contribution is -0.384. The van der Waals surface area contributed by atoms with Gasteiger partial charge < -0.3 is 0 Å². The number of rotatable bonds is 5. The predicted octanol–water partition coefficient (Wildman–Crippen LogP) is 4.02. The van der Waals surface area contributed by atoms with Gasteiger partial charge in [0.25, 0.3) is 11.2 Å². The van der Waals surface area contributed by atoms with Crippen LogP contribution >= 0.6 is 0 Å². The average Bonchev–Trinajstić information content (AvgIpc) is 2.79. The summed E-state index contributed by atoms with van der Waals surface area (Å²) in [6.07, 6.45) is 2.54. The van der Waals surface area contributed by atoms with Gasteiger partial charge in [0.15, 0.2) is 9.84 Å². The third kappa shape index (κ3) is 4.41. The number of nitro benzene ring substituents is 1. The molecule has 33 heavy (non-hydrogen) atoms. The molecule has 0 saturated carbocycles. The largest absolute Gasteiger partial charge is 0.279 e. The van der Waals surface area contributed by atoms with Gasteiger partial charge >= 0.3 is 0 Å². The van der Waals surface area contributed by atoms with Crippen LogP contribution in [0.1, 0.15) is 0 Å². The van der Waals surface area contributed by atoms with Gasteiger partial charge in [0, 0.05) is 24.0 Å². The third-order valence-electron chi connectivity index (χ3n) is 5.01. The van der Waals surface area contributed by atoms with Crippen LogP contribution in [0, 0.1) is 15.9 Å². The van der Waals surface area contributed by atoms with Crippen molar-refractivity contribution >= 4 is 15.5 Å². The molecule has 1 heterocycles. The summed E-state index contributed by atoms with van der Waals surface area (Å²) in [7, 11) is -3.40. The van der Waals surface area contributed by atoms with Gasteiger partial charge in [-0.1, -0.05) is 24.3 Å². The molecule has 0 aliphatic carbocycles. The van der Waals surface area contributed by atoms with Crippen molar-refractivity contribution in [2.75, 3.05) is 6.26 Å². The molecular formula is C23H16FN3O5S. The van der Waals surface area contributed by atoms with Crippen LogP contribution in [0.5, 0.6) is 0 Å². The van der Waals surface area contributed by atoms with E-state index in [2.05, 4.69) is 5.10 Å². The van der Waals surface area contributed by atoms with Gasteiger partial charge in [-0.05, 0) is 47.5 Å². The molecule has 0 saturated heterocycles. The zero-order chi connectivity index (χ0) is 23.8. The van der Waals surface area contributed by atoms with Gasteiger partial charge in [0.1, 0.15) is 5.82 Å². The minimum atomic E-state index is -3.40. The minimum Gasteiger partial charge on any atom is -0.267 e. The summed E-state index contributed by atoms with van der Waals surface area (Å²) < 4.78 is 38.2. The molecule has 8 nitrogen and oxygen atoms in total. The Labute approximate surface area is 187 Å². The SMILES string of the molecule is CS(=O)(=O)c1ccc(-c2cnn(-c3ccc([N+](=O)[O-])cc3)c(=O)c2-c2ccc(F)cc2)cc1. The number of aromatic nitrogens is 2. The highest BCUT2D eigenvalue weighted by atomic mass is 32.2. The number of nitro groups is 1. The summed E-state index contributed by atoms with van der Waals surface area (Å²) in [5.41, 5.74) is 1.27. The van der Waals surface area contributed by atoms with E-state index in [9.17, 15) is 27.7 Å². The number of halogens is 1. The van der Waals surface area contributed by atoms with E-state index in [-0.39, 0.29) is 16.1 Å². The lowest BCUT2D eigenvalue weighted by Crippen LogP contribution is -2.23. The fourth-order valence-corrected chi connectivity index (χ4v) is 3.98. The molecule has 4 rings (SSSR count). The van der Waals surface area contributed by atoms with Crippen molar-refractivity contribution in [2.45, 2.75) is 4.90 Å². The third-order valence-corrected chi connectivity index (χ3v) is 6.14. The van der Waals surface area contributed by atoms with Crippen LogP contribution in [0.2, 0.25) is 0 Å². The van der Waals surface area contributed by atoms with Crippen molar-refractivity contribution in [3.05, 3.63) is 105 Å². The molecule has 0 amide bonds. The maximum absolute atomic E-state index is 13.5. The van der Waals surface area contributed by atoms with E-state index in [0.29, 0.717) is 22.4 Å². The number of sulfone groups is 1. The fourth-order valence-electron chi connectivity index (χ4n) is 3.35. The highest BCUT2D eigenvalue weighted by Crippen LogP contribution is 2.30. The predicted molar refractivity (Wildman–Crippen MR) is 120 cm³/mol. The second-order valence-electron chi connectivity index (χ2n) is 7.23. The van der Waals surface area contributed by atoms with E-state index in [1.165, 1.54) is 66.9 Å². The number of nitrogens with zero attached hydrogens (tertiary/aromatic N) is 3. The van der Waals surface area contributed by atoms with E-state index in [0.717, 1.165) is 10.9 Å². The molecule has 3 aromatic carbocycles. The van der Waals surface area contributed by atoms with Crippen LogP contribution in [0.15, 0.2) is 88.7 Å². The van der Waals surface area contributed by atoms with Crippen LogP contribution in [-0.2, 0) is 9.84 Å². The number of non-ortho nitro benzene ring substituents is 1. The summed E-state index contributed by atoms with van der Waals surface area (Å²) in [6.45, 7) is 0. The van der Waals surface area contributed by atoms with Crippen LogP contribution in [0.25, 0.3) is 27.9 Å². The minimum absolute atomic E-state index is 0.127. The summed E-state index contributed by atoms with van der Waals surface area (Å²) in [4.78, 5) is 24.0. The molecule has 0 spiro atoms. The van der Waals surface area contributed by atoms with E-state index in [1.54, 1.807) is 12.1 Å². The fraction of sp³-hybridized carbons (Fsp3) is 0.0435. The number of benzene rings is 3. The van der Waals surface area contributed by atoms with Crippen molar-refractivity contribution in [2.24, 2.45) is 0 Å². The van der Waals surface area contributed by atoms with Crippen LogP contribution in [0.3, 0.4) is 0 Å². The maximum Gasteiger partial charge on any atom is 0.279 e. The summed E-state index contributed by atoms with van der Waals surface area (Å²) >= 11 is 0. The maximum atomic E-state index is 13.5. The second-order valence-corrected chi connectivity index (χ2v) is 9.24. The van der Waals surface area contributed by atoms with Crippen LogP contribution in [0.4, 0.5) is 10.1 Å². The Hall–Kier alpha value is -4.18. The molecule has 10 heteroatoms. The summed E-state index contributed by atoms with van der Waals surface area (Å²) in [5, 5.41) is 15.1. The average molecular weight is 465 g/mol. The Balaban J connectivity index is 1.92. The van der Waals surface area contributed by atoms with Gasteiger partial charge in [-0.15, -0.1) is 0 Å². The molecule has 0 fully saturated rings. The quantitative estimate of drug-likeness (QED) is 0.325. The first-order chi connectivity index (χ1) is 15.6. The first-order valence-electron chi connectivity index (χ1n) is 9.59. The van der Waals surface area contributed by atoms with Crippen molar-refractivity contribution in [1.82, 2.24) is 9.78 Å². The van der Waals surface area contributed by atoms with Crippen LogP contribution in [-0.4, -0.2) is 29.4 Å². The molecule has 0 bridgehead atoms. The first kappa shape index (κ1) is 22.0. The molecule has 0 atom stereocenters. The van der Waals surface area contributed by atoms with Crippen molar-refractivity contribution in [1.29, 1.82) is 0 Å². The van der Waals surface area contributed by atoms with Crippen molar-refractivity contribution < 1.29 is 17.7 Å². The lowest BCUT2D eigenvalue weighted by Gasteiger charge is -2.13. The zero-order valence-electron chi connectivity index (χ0n) is 17.2. The Morgan fingerprint density at radius 2 is 1.48 bits per heavy atom. The Bertz CT molecular complexity index is 1510. The van der Waals surface area contributed by atoms with Gasteiger partial charge in [-0.25, -0.2) is 12.8 Å². The van der Waals surface area contributed by atoms with Gasteiger partial charge in [0.2, 0.25) is 0 Å². The highest BCUT2D eigenvalue weighted by molar-refractivity contribution is 7.90. The van der Waals surface area contributed by atoms with E-state index >= 15 is 0 Å². The van der Waals surface area contributed by atoms with Crippen molar-refractivity contribution in [3.8, 4) is 27.9 Å². The molecule has 4 aromatic rings. The van der Waals surface area contributed by atoms with E-state index < -0.39 is 26.1 Å². The van der Waals surface area contributed by atoms with Crippen LogP contribution < -0.4 is 5.56 Å². The van der Waals surface area contributed by atoms with Gasteiger partial charge in [0.05, 0.1) is 27.3 Å². The van der Waals surface area contributed by atoms with Crippen molar-refractivity contribution in [3.63, 3.8) is 0 Å². The Morgan fingerprint density at radius 1 is 0.909 bits per heavy atom. The second kappa shape index (κ2) is 8.40. The Morgan fingerprint density at radius 3 is 2.03 bits per heavy atom.